The number of H-pyrrole nitrogens is 1. The van der Waals surface area contributed by atoms with Crippen LogP contribution in [-0.2, 0) is 0 Å². The fraction of sp³-hybridized carbons (Fsp3) is 0.105. The van der Waals surface area contributed by atoms with Crippen molar-refractivity contribution in [3.05, 3.63) is 54.9 Å². The Morgan fingerprint density at radius 3 is 2.43 bits per heavy atom. The second-order valence-electron chi connectivity index (χ2n) is 5.33. The Balaban J connectivity index is 2.02. The van der Waals surface area contributed by atoms with Crippen LogP contribution >= 0.6 is 0 Å². The first kappa shape index (κ1) is 13.6. The molecule has 0 unspecified atom stereocenters. The quantitative estimate of drug-likeness (QED) is 0.610. The Morgan fingerprint density at radius 1 is 0.826 bits per heavy atom. The molecule has 1 N–H and O–H groups in total. The summed E-state index contributed by atoms with van der Waals surface area (Å²) in [5.74, 6) is 1.41. The minimum Gasteiger partial charge on any atom is -0.493 e. The van der Waals surface area contributed by atoms with Gasteiger partial charge in [0.25, 0.3) is 0 Å². The molecule has 0 atom stereocenters. The van der Waals surface area contributed by atoms with Gasteiger partial charge in [-0.2, -0.15) is 0 Å². The number of nitrogens with zero attached hydrogens (tertiary/aromatic N) is 1. The molecule has 2 aromatic heterocycles. The lowest BCUT2D eigenvalue weighted by Gasteiger charge is -2.11. The highest BCUT2D eigenvalue weighted by Crippen LogP contribution is 2.36. The van der Waals surface area contributed by atoms with Gasteiger partial charge < -0.3 is 14.5 Å². The van der Waals surface area contributed by atoms with Crippen molar-refractivity contribution < 1.29 is 9.47 Å². The Bertz CT molecular complexity index is 1000. The molecule has 0 aliphatic rings. The summed E-state index contributed by atoms with van der Waals surface area (Å²) in [6.07, 6.45) is 4.00. The Hall–Kier alpha value is -3.01. The van der Waals surface area contributed by atoms with Crippen LogP contribution < -0.4 is 9.47 Å². The lowest BCUT2D eigenvalue weighted by Crippen LogP contribution is -1.92. The van der Waals surface area contributed by atoms with E-state index in [4.69, 9.17) is 14.5 Å². The van der Waals surface area contributed by atoms with E-state index in [2.05, 4.69) is 11.1 Å². The van der Waals surface area contributed by atoms with Gasteiger partial charge in [0.05, 0.1) is 25.4 Å². The lowest BCUT2D eigenvalue weighted by atomic mass is 10.0. The number of rotatable bonds is 3. The number of para-hydroxylation sites is 1. The monoisotopic (exact) mass is 304 g/mol. The molecule has 4 aromatic rings. The molecule has 2 aromatic carbocycles. The zero-order chi connectivity index (χ0) is 15.8. The van der Waals surface area contributed by atoms with Crippen LogP contribution in [0.5, 0.6) is 11.5 Å². The molecule has 0 fully saturated rings. The number of hydrogen-bond donors (Lipinski definition) is 1. The second kappa shape index (κ2) is 5.32. The molecule has 0 aliphatic heterocycles. The van der Waals surface area contributed by atoms with Gasteiger partial charge in [-0.15, -0.1) is 0 Å². The highest BCUT2D eigenvalue weighted by Gasteiger charge is 2.13. The summed E-state index contributed by atoms with van der Waals surface area (Å²) in [6.45, 7) is 0. The molecule has 114 valence electrons. The Morgan fingerprint density at radius 2 is 1.61 bits per heavy atom. The SMILES string of the molecule is COc1ccc(-c2nc3ccccc3c3c[nH]cc23)cc1OC. The van der Waals surface area contributed by atoms with Gasteiger partial charge in [-0.05, 0) is 24.3 Å². The third kappa shape index (κ3) is 2.11. The third-order valence-corrected chi connectivity index (χ3v) is 4.08. The maximum atomic E-state index is 5.42. The fourth-order valence-corrected chi connectivity index (χ4v) is 2.97. The highest BCUT2D eigenvalue weighted by atomic mass is 16.5. The number of benzene rings is 2. The topological polar surface area (TPSA) is 47.1 Å². The Kier molecular flexibility index (Phi) is 3.15. The zero-order valence-corrected chi connectivity index (χ0v) is 13.0. The van der Waals surface area contributed by atoms with E-state index in [1.807, 2.05) is 48.8 Å². The molecule has 0 saturated carbocycles. The number of hydrogen-bond acceptors (Lipinski definition) is 3. The summed E-state index contributed by atoms with van der Waals surface area (Å²) in [5, 5.41) is 3.41. The summed E-state index contributed by atoms with van der Waals surface area (Å²) >= 11 is 0. The van der Waals surface area contributed by atoms with Crippen molar-refractivity contribution in [2.45, 2.75) is 0 Å². The maximum Gasteiger partial charge on any atom is 0.161 e. The van der Waals surface area contributed by atoms with Crippen LogP contribution in [0, 0.1) is 0 Å². The van der Waals surface area contributed by atoms with Gasteiger partial charge in [0.15, 0.2) is 11.5 Å². The molecule has 2 heterocycles. The van der Waals surface area contributed by atoms with E-state index in [9.17, 15) is 0 Å². The smallest absolute Gasteiger partial charge is 0.161 e. The van der Waals surface area contributed by atoms with E-state index in [0.29, 0.717) is 11.5 Å². The average molecular weight is 304 g/mol. The number of aromatic nitrogens is 2. The Labute approximate surface area is 133 Å². The van der Waals surface area contributed by atoms with Gasteiger partial charge in [0.1, 0.15) is 0 Å². The number of ether oxygens (including phenoxy) is 2. The fourth-order valence-electron chi connectivity index (χ4n) is 2.97. The normalized spacial score (nSPS) is 11.0. The molecule has 0 radical (unpaired) electrons. The van der Waals surface area contributed by atoms with E-state index >= 15 is 0 Å². The van der Waals surface area contributed by atoms with E-state index in [1.165, 1.54) is 5.39 Å². The predicted molar refractivity (Wildman–Crippen MR) is 92.1 cm³/mol. The van der Waals surface area contributed by atoms with E-state index in [-0.39, 0.29) is 0 Å². The van der Waals surface area contributed by atoms with Crippen molar-refractivity contribution >= 4 is 21.7 Å². The maximum absolute atomic E-state index is 5.42. The number of methoxy groups -OCH3 is 2. The lowest BCUT2D eigenvalue weighted by molar-refractivity contribution is 0.355. The first-order valence-corrected chi connectivity index (χ1v) is 7.39. The largest absolute Gasteiger partial charge is 0.493 e. The molecule has 0 spiro atoms. The van der Waals surface area contributed by atoms with Crippen molar-refractivity contribution in [3.63, 3.8) is 0 Å². The second-order valence-corrected chi connectivity index (χ2v) is 5.33. The molecule has 4 nitrogen and oxygen atoms in total. The van der Waals surface area contributed by atoms with Gasteiger partial charge in [0.2, 0.25) is 0 Å². The summed E-state index contributed by atoms with van der Waals surface area (Å²) in [6, 6.07) is 14.0. The van der Waals surface area contributed by atoms with Crippen molar-refractivity contribution in [1.29, 1.82) is 0 Å². The molecule has 4 heteroatoms. The first-order valence-electron chi connectivity index (χ1n) is 7.39. The molecule has 4 rings (SSSR count). The number of fused-ring (bicyclic) bond motifs is 3. The number of aromatic amines is 1. The standard InChI is InChI=1S/C19H16N2O2/c1-22-17-8-7-12(9-18(17)23-2)19-15-11-20-10-14(15)13-5-3-4-6-16(13)21-19/h3-11,20H,1-2H3. The van der Waals surface area contributed by atoms with Gasteiger partial charge in [0, 0.05) is 34.1 Å². The molecular formula is C19H16N2O2. The molecule has 23 heavy (non-hydrogen) atoms. The molecule has 0 amide bonds. The van der Waals surface area contributed by atoms with Gasteiger partial charge in [-0.1, -0.05) is 18.2 Å². The number of pyridine rings is 1. The van der Waals surface area contributed by atoms with Crippen LogP contribution in [0.15, 0.2) is 54.9 Å². The van der Waals surface area contributed by atoms with Crippen LogP contribution in [0.3, 0.4) is 0 Å². The van der Waals surface area contributed by atoms with Crippen LogP contribution in [-0.4, -0.2) is 24.2 Å². The third-order valence-electron chi connectivity index (χ3n) is 4.08. The van der Waals surface area contributed by atoms with Crippen molar-refractivity contribution in [2.24, 2.45) is 0 Å². The minimum atomic E-state index is 0.698. The van der Waals surface area contributed by atoms with Gasteiger partial charge >= 0.3 is 0 Å². The van der Waals surface area contributed by atoms with Crippen LogP contribution in [0.4, 0.5) is 0 Å². The predicted octanol–water partition coefficient (Wildman–Crippen LogP) is 4.40. The number of nitrogens with one attached hydrogen (secondary N) is 1. The van der Waals surface area contributed by atoms with Crippen molar-refractivity contribution in [3.8, 4) is 22.8 Å². The van der Waals surface area contributed by atoms with E-state index < -0.39 is 0 Å². The minimum absolute atomic E-state index is 0.698. The summed E-state index contributed by atoms with van der Waals surface area (Å²) in [5.41, 5.74) is 2.91. The van der Waals surface area contributed by atoms with Crippen LogP contribution in [0.2, 0.25) is 0 Å². The van der Waals surface area contributed by atoms with Gasteiger partial charge in [-0.25, -0.2) is 4.98 Å². The zero-order valence-electron chi connectivity index (χ0n) is 13.0. The van der Waals surface area contributed by atoms with E-state index in [1.54, 1.807) is 14.2 Å². The van der Waals surface area contributed by atoms with Gasteiger partial charge in [-0.3, -0.25) is 0 Å². The van der Waals surface area contributed by atoms with Crippen molar-refractivity contribution in [2.75, 3.05) is 14.2 Å². The average Bonchev–Trinajstić information content (AvgIpc) is 3.10. The molecule has 0 aliphatic carbocycles. The highest BCUT2D eigenvalue weighted by molar-refractivity contribution is 6.10. The van der Waals surface area contributed by atoms with Crippen LogP contribution in [0.25, 0.3) is 32.9 Å². The first-order chi connectivity index (χ1) is 11.3. The summed E-state index contributed by atoms with van der Waals surface area (Å²) in [4.78, 5) is 8.06. The van der Waals surface area contributed by atoms with Crippen molar-refractivity contribution in [1.82, 2.24) is 9.97 Å². The molecule has 0 bridgehead atoms. The molecular weight excluding hydrogens is 288 g/mol. The molecule has 0 saturated heterocycles. The van der Waals surface area contributed by atoms with Crippen LogP contribution in [0.1, 0.15) is 0 Å². The summed E-state index contributed by atoms with van der Waals surface area (Å²) in [7, 11) is 3.28. The van der Waals surface area contributed by atoms with E-state index in [0.717, 1.165) is 27.5 Å². The summed E-state index contributed by atoms with van der Waals surface area (Å²) < 4.78 is 10.7.